The van der Waals surface area contributed by atoms with E-state index in [4.69, 9.17) is 0 Å². The maximum Gasteiger partial charge on any atom is 0.315 e. The van der Waals surface area contributed by atoms with E-state index in [9.17, 15) is 23.5 Å². The SMILES string of the molecule is CC1C(NC(=O)NCC(F)F)CCC(C(=O)O)C1(C)C. The molecule has 1 aliphatic carbocycles. The van der Waals surface area contributed by atoms with Crippen LogP contribution in [0.25, 0.3) is 0 Å². The monoisotopic (exact) mass is 292 g/mol. The van der Waals surface area contributed by atoms with E-state index in [1.54, 1.807) is 0 Å². The summed E-state index contributed by atoms with van der Waals surface area (Å²) in [5, 5.41) is 14.0. The zero-order chi connectivity index (χ0) is 15.5. The summed E-state index contributed by atoms with van der Waals surface area (Å²) in [5.41, 5.74) is -0.468. The number of halogens is 2. The van der Waals surface area contributed by atoms with Crippen LogP contribution in [0.15, 0.2) is 0 Å². The van der Waals surface area contributed by atoms with Crippen LogP contribution in [0.4, 0.5) is 13.6 Å². The second-order valence-corrected chi connectivity index (χ2v) is 5.93. The molecular formula is C13H22F2N2O3. The number of aliphatic carboxylic acids is 1. The van der Waals surface area contributed by atoms with Crippen LogP contribution in [0.1, 0.15) is 33.6 Å². The lowest BCUT2D eigenvalue weighted by Gasteiger charge is -2.46. The number of rotatable bonds is 4. The number of alkyl halides is 2. The summed E-state index contributed by atoms with van der Waals surface area (Å²) >= 11 is 0. The molecule has 3 N–H and O–H groups in total. The third-order valence-electron chi connectivity index (χ3n) is 4.47. The van der Waals surface area contributed by atoms with Crippen molar-refractivity contribution in [2.24, 2.45) is 17.3 Å². The molecule has 0 radical (unpaired) electrons. The molecule has 3 atom stereocenters. The number of carboxylic acid groups (broad SMARTS) is 1. The topological polar surface area (TPSA) is 78.4 Å². The van der Waals surface area contributed by atoms with Crippen LogP contribution in [0.2, 0.25) is 0 Å². The fourth-order valence-corrected chi connectivity index (χ4v) is 2.83. The number of urea groups is 1. The molecule has 0 aromatic carbocycles. The lowest BCUT2D eigenvalue weighted by molar-refractivity contribution is -0.150. The first-order valence-electron chi connectivity index (χ1n) is 6.71. The van der Waals surface area contributed by atoms with Crippen molar-refractivity contribution >= 4 is 12.0 Å². The van der Waals surface area contributed by atoms with Crippen LogP contribution >= 0.6 is 0 Å². The van der Waals surface area contributed by atoms with Crippen molar-refractivity contribution in [3.8, 4) is 0 Å². The van der Waals surface area contributed by atoms with Crippen LogP contribution < -0.4 is 10.6 Å². The molecule has 116 valence electrons. The first-order chi connectivity index (χ1) is 9.16. The summed E-state index contributed by atoms with van der Waals surface area (Å²) < 4.78 is 24.0. The van der Waals surface area contributed by atoms with Crippen molar-refractivity contribution in [2.45, 2.75) is 46.1 Å². The van der Waals surface area contributed by atoms with Gasteiger partial charge < -0.3 is 15.7 Å². The summed E-state index contributed by atoms with van der Waals surface area (Å²) in [6, 6.07) is -0.843. The van der Waals surface area contributed by atoms with Gasteiger partial charge in [-0.05, 0) is 24.2 Å². The number of hydrogen-bond acceptors (Lipinski definition) is 2. The van der Waals surface area contributed by atoms with E-state index in [0.717, 1.165) is 0 Å². The smallest absolute Gasteiger partial charge is 0.315 e. The van der Waals surface area contributed by atoms with E-state index in [2.05, 4.69) is 10.6 Å². The van der Waals surface area contributed by atoms with Crippen LogP contribution in [0.3, 0.4) is 0 Å². The molecule has 0 bridgehead atoms. The Bertz CT molecular complexity index is 375. The molecule has 1 fully saturated rings. The molecule has 0 saturated heterocycles. The van der Waals surface area contributed by atoms with Gasteiger partial charge >= 0.3 is 12.0 Å². The van der Waals surface area contributed by atoms with Crippen molar-refractivity contribution in [1.29, 1.82) is 0 Å². The van der Waals surface area contributed by atoms with Gasteiger partial charge in [0.2, 0.25) is 0 Å². The Labute approximate surface area is 117 Å². The van der Waals surface area contributed by atoms with Crippen LogP contribution in [-0.2, 0) is 4.79 Å². The zero-order valence-electron chi connectivity index (χ0n) is 12.0. The largest absolute Gasteiger partial charge is 0.481 e. The highest BCUT2D eigenvalue weighted by Gasteiger charge is 2.46. The molecular weight excluding hydrogens is 270 g/mol. The average molecular weight is 292 g/mol. The Morgan fingerprint density at radius 3 is 2.45 bits per heavy atom. The second kappa shape index (κ2) is 6.37. The number of nitrogens with one attached hydrogen (secondary N) is 2. The summed E-state index contributed by atoms with van der Waals surface area (Å²) in [6.45, 7) is 4.92. The van der Waals surface area contributed by atoms with Gasteiger partial charge in [0.1, 0.15) is 0 Å². The summed E-state index contributed by atoms with van der Waals surface area (Å²) in [6.07, 6.45) is -1.59. The number of carboxylic acids is 1. The van der Waals surface area contributed by atoms with Crippen molar-refractivity contribution in [2.75, 3.05) is 6.54 Å². The van der Waals surface area contributed by atoms with Gasteiger partial charge in [-0.3, -0.25) is 4.79 Å². The van der Waals surface area contributed by atoms with Crippen LogP contribution in [-0.4, -0.2) is 36.1 Å². The van der Waals surface area contributed by atoms with Gasteiger partial charge in [-0.1, -0.05) is 20.8 Å². The summed E-state index contributed by atoms with van der Waals surface area (Å²) in [7, 11) is 0. The van der Waals surface area contributed by atoms with Crippen molar-refractivity contribution < 1.29 is 23.5 Å². The predicted molar refractivity (Wildman–Crippen MR) is 69.6 cm³/mol. The average Bonchev–Trinajstić information content (AvgIpc) is 2.32. The summed E-state index contributed by atoms with van der Waals surface area (Å²) in [4.78, 5) is 22.8. The molecule has 0 heterocycles. The molecule has 1 saturated carbocycles. The Morgan fingerprint density at radius 2 is 1.95 bits per heavy atom. The first kappa shape index (κ1) is 16.7. The summed E-state index contributed by atoms with van der Waals surface area (Å²) in [5.74, 6) is -1.35. The Morgan fingerprint density at radius 1 is 1.35 bits per heavy atom. The minimum absolute atomic E-state index is 0.0605. The molecule has 0 spiro atoms. The second-order valence-electron chi connectivity index (χ2n) is 5.93. The molecule has 7 heteroatoms. The van der Waals surface area contributed by atoms with Gasteiger partial charge in [0.15, 0.2) is 0 Å². The van der Waals surface area contributed by atoms with Crippen molar-refractivity contribution in [3.63, 3.8) is 0 Å². The lowest BCUT2D eigenvalue weighted by Crippen LogP contribution is -2.54. The maximum atomic E-state index is 12.0. The number of carbonyl (C=O) groups excluding carboxylic acids is 1. The van der Waals surface area contributed by atoms with Crippen LogP contribution in [0.5, 0.6) is 0 Å². The Hall–Kier alpha value is -1.40. The lowest BCUT2D eigenvalue weighted by atomic mass is 9.61. The minimum atomic E-state index is -2.59. The Kier molecular flexibility index (Phi) is 5.30. The van der Waals surface area contributed by atoms with E-state index in [0.29, 0.717) is 12.8 Å². The minimum Gasteiger partial charge on any atom is -0.481 e. The van der Waals surface area contributed by atoms with E-state index in [1.807, 2.05) is 20.8 Å². The standard InChI is InChI=1S/C13H22F2N2O3/c1-7-9(17-12(20)16-6-10(14)15)5-4-8(11(18)19)13(7,2)3/h7-10H,4-6H2,1-3H3,(H,18,19)(H2,16,17,20). The molecule has 0 aromatic heterocycles. The molecule has 3 unspecified atom stereocenters. The van der Waals surface area contributed by atoms with Gasteiger partial charge in [-0.2, -0.15) is 0 Å². The van der Waals surface area contributed by atoms with E-state index in [-0.39, 0.29) is 12.0 Å². The highest BCUT2D eigenvalue weighted by Crippen LogP contribution is 2.45. The van der Waals surface area contributed by atoms with E-state index < -0.39 is 36.3 Å². The van der Waals surface area contributed by atoms with Crippen molar-refractivity contribution in [3.05, 3.63) is 0 Å². The third-order valence-corrected chi connectivity index (χ3v) is 4.47. The predicted octanol–water partition coefficient (Wildman–Crippen LogP) is 2.08. The molecule has 2 amide bonds. The van der Waals surface area contributed by atoms with Crippen LogP contribution in [0, 0.1) is 17.3 Å². The van der Waals surface area contributed by atoms with Gasteiger partial charge in [0.25, 0.3) is 6.43 Å². The zero-order valence-corrected chi connectivity index (χ0v) is 12.0. The highest BCUT2D eigenvalue weighted by molar-refractivity contribution is 5.74. The van der Waals surface area contributed by atoms with Gasteiger partial charge in [-0.15, -0.1) is 0 Å². The fourth-order valence-electron chi connectivity index (χ4n) is 2.83. The molecule has 20 heavy (non-hydrogen) atoms. The normalized spacial score (nSPS) is 29.0. The Balaban J connectivity index is 2.62. The number of amides is 2. The van der Waals surface area contributed by atoms with Gasteiger partial charge in [-0.25, -0.2) is 13.6 Å². The molecule has 0 aromatic rings. The molecule has 1 aliphatic rings. The fraction of sp³-hybridized carbons (Fsp3) is 0.846. The van der Waals surface area contributed by atoms with E-state index in [1.165, 1.54) is 0 Å². The maximum absolute atomic E-state index is 12.0. The first-order valence-corrected chi connectivity index (χ1v) is 6.71. The molecule has 5 nitrogen and oxygen atoms in total. The number of carbonyl (C=O) groups is 2. The van der Waals surface area contributed by atoms with Gasteiger partial charge in [0, 0.05) is 6.04 Å². The highest BCUT2D eigenvalue weighted by atomic mass is 19.3. The molecule has 0 aliphatic heterocycles. The number of hydrogen-bond donors (Lipinski definition) is 3. The third kappa shape index (κ3) is 3.80. The quantitative estimate of drug-likeness (QED) is 0.742. The van der Waals surface area contributed by atoms with Crippen molar-refractivity contribution in [1.82, 2.24) is 10.6 Å². The van der Waals surface area contributed by atoms with E-state index >= 15 is 0 Å². The molecule has 1 rings (SSSR count). The van der Waals surface area contributed by atoms with Gasteiger partial charge in [0.05, 0.1) is 12.5 Å².